The number of rotatable bonds is 16. The summed E-state index contributed by atoms with van der Waals surface area (Å²) in [7, 11) is 0. The molecule has 1 N–H and O–H groups in total. The van der Waals surface area contributed by atoms with E-state index in [9.17, 15) is 0 Å². The Kier molecular flexibility index (Phi) is 15.7. The zero-order valence-corrected chi connectivity index (χ0v) is 19.0. The summed E-state index contributed by atoms with van der Waals surface area (Å²) in [4.78, 5) is 0. The fraction of sp³-hybridized carbons (Fsp3) is 0.680. The van der Waals surface area contributed by atoms with Crippen LogP contribution in [0.25, 0.3) is 6.08 Å². The van der Waals surface area contributed by atoms with E-state index in [0.717, 1.165) is 6.54 Å². The molecule has 0 saturated carbocycles. The molecule has 156 valence electrons. The van der Waals surface area contributed by atoms with Crippen molar-refractivity contribution in [2.75, 3.05) is 0 Å². The molecule has 0 aliphatic heterocycles. The predicted octanol–water partition coefficient (Wildman–Crippen LogP) is 8.32. The second-order valence-corrected chi connectivity index (χ2v) is 8.47. The summed E-state index contributed by atoms with van der Waals surface area (Å²) in [5.41, 5.74) is 2.76. The van der Waals surface area contributed by atoms with Gasteiger partial charge in [-0.2, -0.15) is 0 Å². The van der Waals surface area contributed by atoms with Crippen LogP contribution in [-0.4, -0.2) is 5.54 Å². The minimum Gasteiger partial charge on any atom is -0.308 e. The molecule has 0 atom stereocenters. The first kappa shape index (κ1) is 26.2. The van der Waals surface area contributed by atoms with Gasteiger partial charge in [0.15, 0.2) is 0 Å². The van der Waals surface area contributed by atoms with Gasteiger partial charge in [0.1, 0.15) is 0 Å². The van der Waals surface area contributed by atoms with Crippen LogP contribution in [0.1, 0.15) is 109 Å². The van der Waals surface area contributed by atoms with Gasteiger partial charge in [-0.3, -0.25) is 0 Å². The molecule has 0 unspecified atom stereocenters. The highest BCUT2D eigenvalue weighted by atomic mass is 35.5. The summed E-state index contributed by atoms with van der Waals surface area (Å²) in [6, 6.07) is 8.67. The maximum atomic E-state index is 3.81. The van der Waals surface area contributed by atoms with Gasteiger partial charge in [0.2, 0.25) is 0 Å². The minimum atomic E-state index is 0. The van der Waals surface area contributed by atoms with Crippen LogP contribution in [0.2, 0.25) is 0 Å². The summed E-state index contributed by atoms with van der Waals surface area (Å²) >= 11 is 0. The monoisotopic (exact) mass is 393 g/mol. The Morgan fingerprint density at radius 2 is 1.30 bits per heavy atom. The minimum absolute atomic E-state index is 0. The van der Waals surface area contributed by atoms with E-state index in [2.05, 4.69) is 56.9 Å². The van der Waals surface area contributed by atoms with Crippen molar-refractivity contribution in [2.24, 2.45) is 0 Å². The lowest BCUT2D eigenvalue weighted by molar-refractivity contribution is 0.344. The summed E-state index contributed by atoms with van der Waals surface area (Å²) < 4.78 is 0. The maximum absolute atomic E-state index is 3.81. The lowest BCUT2D eigenvalue weighted by atomic mass is 9.95. The molecule has 0 bridgehead atoms. The van der Waals surface area contributed by atoms with Gasteiger partial charge in [0.25, 0.3) is 0 Å². The van der Waals surface area contributed by atoms with Crippen molar-refractivity contribution in [2.45, 2.75) is 110 Å². The average Bonchev–Trinajstić information content (AvgIpc) is 2.65. The third kappa shape index (κ3) is 13.9. The van der Waals surface area contributed by atoms with Crippen LogP contribution in [0.5, 0.6) is 0 Å². The molecule has 0 radical (unpaired) electrons. The van der Waals surface area contributed by atoms with Gasteiger partial charge in [0.05, 0.1) is 0 Å². The Morgan fingerprint density at radius 3 is 1.78 bits per heavy atom. The van der Waals surface area contributed by atoms with Crippen molar-refractivity contribution in [1.82, 2.24) is 5.32 Å². The van der Waals surface area contributed by atoms with Gasteiger partial charge in [0, 0.05) is 12.1 Å². The average molecular weight is 394 g/mol. The highest BCUT2D eigenvalue weighted by Gasteiger charge is 2.15. The molecule has 0 saturated heterocycles. The number of benzene rings is 1. The van der Waals surface area contributed by atoms with E-state index in [-0.39, 0.29) is 17.9 Å². The Labute approximate surface area is 175 Å². The van der Waals surface area contributed by atoms with Gasteiger partial charge in [-0.15, -0.1) is 12.4 Å². The fourth-order valence-electron chi connectivity index (χ4n) is 3.43. The zero-order chi connectivity index (χ0) is 19.1. The number of hydrogen-bond donors (Lipinski definition) is 1. The van der Waals surface area contributed by atoms with Crippen LogP contribution in [0.4, 0.5) is 0 Å². The van der Waals surface area contributed by atoms with Gasteiger partial charge < -0.3 is 5.32 Å². The molecular weight excluding hydrogens is 350 g/mol. The second-order valence-electron chi connectivity index (χ2n) is 8.47. The van der Waals surface area contributed by atoms with Gasteiger partial charge in [-0.1, -0.05) is 114 Å². The largest absolute Gasteiger partial charge is 0.308 e. The van der Waals surface area contributed by atoms with Crippen molar-refractivity contribution >= 4 is 18.5 Å². The summed E-state index contributed by atoms with van der Waals surface area (Å²) in [6.07, 6.45) is 18.7. The fourth-order valence-corrected chi connectivity index (χ4v) is 3.43. The Hall–Kier alpha value is -0.790. The molecule has 0 aliphatic carbocycles. The van der Waals surface area contributed by atoms with Crippen molar-refractivity contribution in [1.29, 1.82) is 0 Å². The van der Waals surface area contributed by atoms with E-state index < -0.39 is 0 Å². The molecular formula is C25H44ClN. The molecule has 1 rings (SSSR count). The molecule has 1 aromatic carbocycles. The highest BCUT2D eigenvalue weighted by Crippen LogP contribution is 2.17. The Morgan fingerprint density at radius 1 is 0.815 bits per heavy atom. The number of hydrogen-bond acceptors (Lipinski definition) is 1. The molecule has 1 nitrogen and oxygen atoms in total. The molecule has 0 aliphatic rings. The first-order valence-electron chi connectivity index (χ1n) is 11.0. The molecule has 0 fully saturated rings. The topological polar surface area (TPSA) is 12.0 Å². The van der Waals surface area contributed by atoms with Crippen molar-refractivity contribution in [3.63, 3.8) is 0 Å². The number of nitrogens with one attached hydrogen (secondary N) is 1. The maximum Gasteiger partial charge on any atom is 0.0210 e. The third-order valence-electron chi connectivity index (χ3n) is 5.39. The second kappa shape index (κ2) is 16.2. The Balaban J connectivity index is 0.00000676. The van der Waals surface area contributed by atoms with Gasteiger partial charge in [-0.25, -0.2) is 0 Å². The quantitative estimate of drug-likeness (QED) is 0.278. The third-order valence-corrected chi connectivity index (χ3v) is 5.39. The number of halogens is 1. The zero-order valence-electron chi connectivity index (χ0n) is 18.2. The van der Waals surface area contributed by atoms with Crippen LogP contribution >= 0.6 is 12.4 Å². The Bertz CT molecular complexity index is 464. The van der Waals surface area contributed by atoms with Gasteiger partial charge in [-0.05, 0) is 31.4 Å². The van der Waals surface area contributed by atoms with Crippen LogP contribution < -0.4 is 5.32 Å². The van der Waals surface area contributed by atoms with Gasteiger partial charge >= 0.3 is 0 Å². The molecule has 0 spiro atoms. The summed E-state index contributed by atoms with van der Waals surface area (Å²) in [6.45, 7) is 11.7. The van der Waals surface area contributed by atoms with Crippen LogP contribution in [-0.2, 0) is 6.54 Å². The van der Waals surface area contributed by atoms with E-state index in [4.69, 9.17) is 0 Å². The van der Waals surface area contributed by atoms with Crippen LogP contribution in [0.15, 0.2) is 30.8 Å². The van der Waals surface area contributed by atoms with Crippen molar-refractivity contribution < 1.29 is 0 Å². The molecule has 27 heavy (non-hydrogen) atoms. The summed E-state index contributed by atoms with van der Waals surface area (Å²) in [5, 5.41) is 3.72. The first-order chi connectivity index (χ1) is 12.6. The molecule has 0 heterocycles. The van der Waals surface area contributed by atoms with Crippen LogP contribution in [0, 0.1) is 0 Å². The molecule has 1 aromatic rings. The van der Waals surface area contributed by atoms with Crippen LogP contribution in [0.3, 0.4) is 0 Å². The highest BCUT2D eigenvalue weighted by molar-refractivity contribution is 5.85. The standard InChI is InChI=1S/C25H43N.ClH/c1-5-7-8-9-10-11-12-13-14-15-16-21-25(3,4)26-22-24-19-17-23(6-2)18-20-24;/h6,17-20,26H,2,5,7-16,21-22H2,1,3-4H3;1H. The van der Waals surface area contributed by atoms with E-state index in [1.54, 1.807) is 0 Å². The lowest BCUT2D eigenvalue weighted by Crippen LogP contribution is -2.38. The molecule has 0 amide bonds. The van der Waals surface area contributed by atoms with Crippen molar-refractivity contribution in [3.8, 4) is 0 Å². The molecule has 0 aromatic heterocycles. The smallest absolute Gasteiger partial charge is 0.0210 e. The summed E-state index contributed by atoms with van der Waals surface area (Å²) in [5.74, 6) is 0. The van der Waals surface area contributed by atoms with Crippen molar-refractivity contribution in [3.05, 3.63) is 42.0 Å². The van der Waals surface area contributed by atoms with E-state index >= 15 is 0 Å². The normalized spacial score (nSPS) is 11.2. The molecule has 2 heteroatoms. The SMILES string of the molecule is C=Cc1ccc(CNC(C)(C)CCCCCCCCCCCCC)cc1.Cl. The van der Waals surface area contributed by atoms with E-state index in [0.29, 0.717) is 0 Å². The lowest BCUT2D eigenvalue weighted by Gasteiger charge is -2.26. The first-order valence-corrected chi connectivity index (χ1v) is 11.0. The number of unbranched alkanes of at least 4 members (excludes halogenated alkanes) is 10. The van der Waals surface area contributed by atoms with E-state index in [1.165, 1.54) is 88.2 Å². The van der Waals surface area contributed by atoms with E-state index in [1.807, 2.05) is 6.08 Å². The predicted molar refractivity (Wildman–Crippen MR) is 126 cm³/mol.